The van der Waals surface area contributed by atoms with E-state index in [-0.39, 0.29) is 0 Å². The molecule has 0 saturated carbocycles. The smallest absolute Gasteiger partial charge is 0.163 e. The van der Waals surface area contributed by atoms with Crippen molar-refractivity contribution in [1.29, 1.82) is 0 Å². The van der Waals surface area contributed by atoms with Crippen LogP contribution in [-0.2, 0) is 6.42 Å². The number of ether oxygens (including phenoxy) is 3. The topological polar surface area (TPSA) is 47.9 Å². The molecule has 2 unspecified atom stereocenters. The molecule has 0 saturated heterocycles. The third kappa shape index (κ3) is 2.12. The molecule has 2 aromatic rings. The average Bonchev–Trinajstić information content (AvgIpc) is 3.02. The Bertz CT molecular complexity index is 668. The first kappa shape index (κ1) is 12.5. The maximum Gasteiger partial charge on any atom is 0.163 e. The highest BCUT2D eigenvalue weighted by Crippen LogP contribution is 2.38. The summed E-state index contributed by atoms with van der Waals surface area (Å²) >= 11 is 0. The van der Waals surface area contributed by atoms with Gasteiger partial charge in [0.05, 0.1) is 6.61 Å². The summed E-state index contributed by atoms with van der Waals surface area (Å²) in [6.07, 6.45) is -0.317. The molecule has 1 N–H and O–H groups in total. The molecular weight excluding hydrogens is 268 g/mol. The van der Waals surface area contributed by atoms with Gasteiger partial charge in [0.1, 0.15) is 18.5 Å². The van der Waals surface area contributed by atoms with Crippen molar-refractivity contribution >= 4 is 0 Å². The largest absolute Gasteiger partial charge is 0.493 e. The van der Waals surface area contributed by atoms with Gasteiger partial charge >= 0.3 is 0 Å². The lowest BCUT2D eigenvalue weighted by atomic mass is 10.00. The van der Waals surface area contributed by atoms with Gasteiger partial charge in [-0.15, -0.1) is 0 Å². The molecule has 108 valence electrons. The van der Waals surface area contributed by atoms with Crippen molar-refractivity contribution in [1.82, 2.24) is 0 Å². The van der Waals surface area contributed by atoms with E-state index in [9.17, 15) is 5.11 Å². The summed E-state index contributed by atoms with van der Waals surface area (Å²) in [6.45, 7) is 0.992. The van der Waals surface area contributed by atoms with Gasteiger partial charge in [-0.25, -0.2) is 0 Å². The number of hydrogen-bond acceptors (Lipinski definition) is 4. The number of aliphatic hydroxyl groups excluding tert-OH is 1. The lowest BCUT2D eigenvalue weighted by Gasteiger charge is -2.30. The molecule has 0 spiro atoms. The van der Waals surface area contributed by atoms with E-state index in [1.807, 2.05) is 42.5 Å². The van der Waals surface area contributed by atoms with Gasteiger partial charge in [0.15, 0.2) is 17.6 Å². The summed E-state index contributed by atoms with van der Waals surface area (Å²) in [6, 6.07) is 13.4. The van der Waals surface area contributed by atoms with Crippen molar-refractivity contribution in [2.45, 2.75) is 18.6 Å². The van der Waals surface area contributed by atoms with E-state index in [4.69, 9.17) is 14.2 Å². The van der Waals surface area contributed by atoms with E-state index in [1.54, 1.807) is 0 Å². The highest BCUT2D eigenvalue weighted by atomic mass is 16.6. The Morgan fingerprint density at radius 3 is 2.76 bits per heavy atom. The van der Waals surface area contributed by atoms with Crippen molar-refractivity contribution in [3.63, 3.8) is 0 Å². The molecule has 4 nitrogen and oxygen atoms in total. The molecule has 0 aliphatic carbocycles. The van der Waals surface area contributed by atoms with Crippen LogP contribution < -0.4 is 14.2 Å². The van der Waals surface area contributed by atoms with Gasteiger partial charge in [-0.05, 0) is 17.7 Å². The Morgan fingerprint density at radius 2 is 1.86 bits per heavy atom. The number of benzene rings is 2. The Morgan fingerprint density at radius 1 is 1.00 bits per heavy atom. The normalized spacial score (nSPS) is 20.5. The zero-order valence-electron chi connectivity index (χ0n) is 11.5. The summed E-state index contributed by atoms with van der Waals surface area (Å²) < 4.78 is 17.2. The van der Waals surface area contributed by atoms with E-state index in [2.05, 4.69) is 0 Å². The lowest BCUT2D eigenvalue weighted by Crippen LogP contribution is -2.35. The SMILES string of the molecule is OC(c1cccc2c1OCC2)C1COc2ccccc2O1. The van der Waals surface area contributed by atoms with E-state index in [0.29, 0.717) is 19.0 Å². The Hall–Kier alpha value is -2.20. The predicted molar refractivity (Wildman–Crippen MR) is 77.0 cm³/mol. The van der Waals surface area contributed by atoms with Gasteiger partial charge in [-0.2, -0.15) is 0 Å². The van der Waals surface area contributed by atoms with Crippen LogP contribution in [0.2, 0.25) is 0 Å². The first-order chi connectivity index (χ1) is 10.3. The van der Waals surface area contributed by atoms with Gasteiger partial charge in [-0.3, -0.25) is 0 Å². The molecule has 2 aromatic carbocycles. The average molecular weight is 284 g/mol. The van der Waals surface area contributed by atoms with Crippen LogP contribution in [-0.4, -0.2) is 24.4 Å². The van der Waals surface area contributed by atoms with E-state index >= 15 is 0 Å². The van der Waals surface area contributed by atoms with Crippen LogP contribution >= 0.6 is 0 Å². The number of para-hydroxylation sites is 3. The number of aliphatic hydroxyl groups is 1. The second kappa shape index (κ2) is 4.97. The van der Waals surface area contributed by atoms with Gasteiger partial charge in [-0.1, -0.05) is 30.3 Å². The summed E-state index contributed by atoms with van der Waals surface area (Å²) in [5.41, 5.74) is 1.92. The summed E-state index contributed by atoms with van der Waals surface area (Å²) in [5, 5.41) is 10.7. The fourth-order valence-electron chi connectivity index (χ4n) is 2.87. The minimum atomic E-state index is -0.772. The molecule has 4 heteroatoms. The summed E-state index contributed by atoms with van der Waals surface area (Å²) in [5.74, 6) is 2.18. The quantitative estimate of drug-likeness (QED) is 0.920. The number of hydrogen-bond donors (Lipinski definition) is 1. The van der Waals surface area contributed by atoms with Crippen LogP contribution in [0.5, 0.6) is 17.2 Å². The third-order valence-electron chi connectivity index (χ3n) is 3.95. The first-order valence-electron chi connectivity index (χ1n) is 7.14. The zero-order valence-corrected chi connectivity index (χ0v) is 11.5. The molecule has 2 heterocycles. The minimum Gasteiger partial charge on any atom is -0.493 e. The van der Waals surface area contributed by atoms with Crippen molar-refractivity contribution in [3.05, 3.63) is 53.6 Å². The highest BCUT2D eigenvalue weighted by Gasteiger charge is 2.32. The van der Waals surface area contributed by atoms with Gasteiger partial charge in [0.25, 0.3) is 0 Å². The van der Waals surface area contributed by atoms with Crippen LogP contribution in [0.3, 0.4) is 0 Å². The fraction of sp³-hybridized carbons (Fsp3) is 0.294. The molecule has 4 rings (SSSR count). The molecule has 2 aliphatic rings. The standard InChI is InChI=1S/C17H16O4/c18-16(12-5-3-4-11-8-9-19-17(11)12)15-10-20-13-6-1-2-7-14(13)21-15/h1-7,15-16,18H,8-10H2. The monoisotopic (exact) mass is 284 g/mol. The van der Waals surface area contributed by atoms with Crippen molar-refractivity contribution < 1.29 is 19.3 Å². The molecule has 0 aromatic heterocycles. The maximum absolute atomic E-state index is 10.7. The van der Waals surface area contributed by atoms with Gasteiger partial charge in [0, 0.05) is 12.0 Å². The van der Waals surface area contributed by atoms with Crippen LogP contribution in [0, 0.1) is 0 Å². The molecule has 0 radical (unpaired) electrons. The van der Waals surface area contributed by atoms with E-state index < -0.39 is 12.2 Å². The van der Waals surface area contributed by atoms with E-state index in [0.717, 1.165) is 29.0 Å². The summed E-state index contributed by atoms with van der Waals surface area (Å²) in [7, 11) is 0. The summed E-state index contributed by atoms with van der Waals surface area (Å²) in [4.78, 5) is 0. The van der Waals surface area contributed by atoms with Gasteiger partial charge in [0.2, 0.25) is 0 Å². The molecule has 2 atom stereocenters. The van der Waals surface area contributed by atoms with Crippen LogP contribution in [0.1, 0.15) is 17.2 Å². The Labute approximate surface area is 122 Å². The predicted octanol–water partition coefficient (Wildman–Crippen LogP) is 2.49. The minimum absolute atomic E-state index is 0.321. The second-order valence-corrected chi connectivity index (χ2v) is 5.29. The lowest BCUT2D eigenvalue weighted by molar-refractivity contribution is -0.0122. The molecule has 2 aliphatic heterocycles. The van der Waals surface area contributed by atoms with Crippen molar-refractivity contribution in [2.75, 3.05) is 13.2 Å². The van der Waals surface area contributed by atoms with E-state index in [1.165, 1.54) is 0 Å². The first-order valence-corrected chi connectivity index (χ1v) is 7.14. The second-order valence-electron chi connectivity index (χ2n) is 5.29. The molecule has 0 fully saturated rings. The number of fused-ring (bicyclic) bond motifs is 2. The Balaban J connectivity index is 1.62. The van der Waals surface area contributed by atoms with Crippen LogP contribution in [0.15, 0.2) is 42.5 Å². The van der Waals surface area contributed by atoms with Crippen LogP contribution in [0.25, 0.3) is 0 Å². The number of rotatable bonds is 2. The van der Waals surface area contributed by atoms with Gasteiger partial charge < -0.3 is 19.3 Å². The van der Waals surface area contributed by atoms with Crippen molar-refractivity contribution in [2.24, 2.45) is 0 Å². The zero-order chi connectivity index (χ0) is 14.2. The maximum atomic E-state index is 10.7. The van der Waals surface area contributed by atoms with Crippen molar-refractivity contribution in [3.8, 4) is 17.2 Å². The fourth-order valence-corrected chi connectivity index (χ4v) is 2.87. The molecular formula is C17H16O4. The molecule has 0 bridgehead atoms. The third-order valence-corrected chi connectivity index (χ3v) is 3.95. The molecule has 0 amide bonds. The Kier molecular flexibility index (Phi) is 2.97. The molecule has 21 heavy (non-hydrogen) atoms. The van der Waals surface area contributed by atoms with Crippen LogP contribution in [0.4, 0.5) is 0 Å². The highest BCUT2D eigenvalue weighted by molar-refractivity contribution is 5.46.